The molecule has 0 fully saturated rings. The zero-order chi connectivity index (χ0) is 21.5. The molecule has 0 aliphatic rings. The average Bonchev–Trinajstić information content (AvgIpc) is 3.23. The lowest BCUT2D eigenvalue weighted by atomic mass is 10.2. The molecule has 3 rings (SSSR count). The second-order valence-corrected chi connectivity index (χ2v) is 6.95. The van der Waals surface area contributed by atoms with Gasteiger partial charge in [0.25, 0.3) is 5.91 Å². The number of thiazole rings is 1. The van der Waals surface area contributed by atoms with Crippen LogP contribution in [0.5, 0.6) is 11.5 Å². The van der Waals surface area contributed by atoms with E-state index in [1.807, 2.05) is 12.1 Å². The highest BCUT2D eigenvalue weighted by atomic mass is 32.1. The summed E-state index contributed by atoms with van der Waals surface area (Å²) in [5, 5.41) is 7.79. The largest absolute Gasteiger partial charge is 0.493 e. The van der Waals surface area contributed by atoms with Gasteiger partial charge in [-0.15, -0.1) is 11.3 Å². The van der Waals surface area contributed by atoms with Gasteiger partial charge < -0.3 is 24.8 Å². The second-order valence-electron chi connectivity index (χ2n) is 6.10. The van der Waals surface area contributed by atoms with Gasteiger partial charge in [0.1, 0.15) is 17.3 Å². The summed E-state index contributed by atoms with van der Waals surface area (Å²) < 4.78 is 15.6. The summed E-state index contributed by atoms with van der Waals surface area (Å²) in [6.07, 6.45) is 0. The van der Waals surface area contributed by atoms with Crippen molar-refractivity contribution in [1.29, 1.82) is 0 Å². The van der Waals surface area contributed by atoms with Crippen LogP contribution in [0.2, 0.25) is 0 Å². The van der Waals surface area contributed by atoms with Crippen LogP contribution in [0.15, 0.2) is 47.8 Å². The van der Waals surface area contributed by atoms with E-state index < -0.39 is 0 Å². The van der Waals surface area contributed by atoms with Crippen LogP contribution in [-0.2, 0) is 9.53 Å². The van der Waals surface area contributed by atoms with Crippen LogP contribution >= 0.6 is 11.3 Å². The molecule has 0 unspecified atom stereocenters. The molecule has 2 amide bonds. The van der Waals surface area contributed by atoms with E-state index in [2.05, 4.69) is 15.6 Å². The molecule has 0 radical (unpaired) electrons. The topological polar surface area (TPSA) is 98.8 Å². The lowest BCUT2D eigenvalue weighted by Gasteiger charge is -2.10. The first kappa shape index (κ1) is 21.3. The summed E-state index contributed by atoms with van der Waals surface area (Å²) >= 11 is 1.33. The second kappa shape index (κ2) is 9.86. The van der Waals surface area contributed by atoms with Crippen LogP contribution in [0.3, 0.4) is 0 Å². The number of anilines is 2. The number of benzene rings is 2. The Morgan fingerprint density at radius 2 is 1.73 bits per heavy atom. The number of rotatable bonds is 8. The van der Waals surface area contributed by atoms with Crippen LogP contribution < -0.4 is 20.1 Å². The summed E-state index contributed by atoms with van der Waals surface area (Å²) in [4.78, 5) is 28.7. The van der Waals surface area contributed by atoms with Crippen molar-refractivity contribution >= 4 is 34.5 Å². The molecule has 2 aromatic carbocycles. The fourth-order valence-electron chi connectivity index (χ4n) is 2.76. The molecule has 0 atom stereocenters. The third kappa shape index (κ3) is 4.94. The predicted octanol–water partition coefficient (Wildman–Crippen LogP) is 3.66. The maximum Gasteiger partial charge on any atom is 0.275 e. The molecule has 0 saturated heterocycles. The monoisotopic (exact) mass is 427 g/mol. The summed E-state index contributed by atoms with van der Waals surface area (Å²) in [5.74, 6) is 0.501. The van der Waals surface area contributed by atoms with Crippen molar-refractivity contribution in [3.63, 3.8) is 0 Å². The molecule has 30 heavy (non-hydrogen) atoms. The summed E-state index contributed by atoms with van der Waals surface area (Å²) in [5.41, 5.74) is 2.09. The number of hydrogen-bond donors (Lipinski definition) is 2. The highest BCUT2D eigenvalue weighted by molar-refractivity contribution is 7.13. The molecule has 0 aliphatic heterocycles. The summed E-state index contributed by atoms with van der Waals surface area (Å²) in [6.45, 7) is -0.0497. The molecule has 0 bridgehead atoms. The van der Waals surface area contributed by atoms with E-state index >= 15 is 0 Å². The fourth-order valence-corrected chi connectivity index (χ4v) is 3.58. The first-order chi connectivity index (χ1) is 14.5. The number of carbonyl (C=O) groups excluding carboxylic acids is 2. The van der Waals surface area contributed by atoms with E-state index in [4.69, 9.17) is 14.2 Å². The average molecular weight is 427 g/mol. The van der Waals surface area contributed by atoms with Crippen molar-refractivity contribution in [3.05, 3.63) is 53.5 Å². The van der Waals surface area contributed by atoms with Gasteiger partial charge in [0.2, 0.25) is 5.91 Å². The number of nitrogens with one attached hydrogen (secondary N) is 2. The Hall–Kier alpha value is -3.43. The van der Waals surface area contributed by atoms with E-state index in [0.29, 0.717) is 27.9 Å². The van der Waals surface area contributed by atoms with E-state index in [1.54, 1.807) is 49.9 Å². The van der Waals surface area contributed by atoms with Gasteiger partial charge in [0, 0.05) is 23.9 Å². The molecule has 156 valence electrons. The molecule has 0 aliphatic carbocycles. The number of nitrogens with zero attached hydrogens (tertiary/aromatic N) is 1. The fraction of sp³-hybridized carbons (Fsp3) is 0.190. The van der Waals surface area contributed by atoms with Gasteiger partial charge in [-0.3, -0.25) is 9.59 Å². The van der Waals surface area contributed by atoms with E-state index in [1.165, 1.54) is 18.4 Å². The smallest absolute Gasteiger partial charge is 0.275 e. The van der Waals surface area contributed by atoms with Crippen molar-refractivity contribution in [2.24, 2.45) is 0 Å². The maximum atomic E-state index is 12.6. The van der Waals surface area contributed by atoms with Gasteiger partial charge >= 0.3 is 0 Å². The minimum Gasteiger partial charge on any atom is -0.493 e. The standard InChI is InChI=1S/C21H21N3O5S/c1-27-11-18(25)22-13-6-4-7-14(10-13)23-20(26)16-12-30-21(24-16)15-8-5-9-17(28-2)19(15)29-3/h4-10,12H,11H2,1-3H3,(H,22,25)(H,23,26). The van der Waals surface area contributed by atoms with E-state index in [-0.39, 0.29) is 24.1 Å². The van der Waals surface area contributed by atoms with Crippen molar-refractivity contribution in [3.8, 4) is 22.1 Å². The minimum absolute atomic E-state index is 0.0497. The Balaban J connectivity index is 1.76. The zero-order valence-electron chi connectivity index (χ0n) is 16.7. The number of amides is 2. The highest BCUT2D eigenvalue weighted by Crippen LogP contribution is 2.39. The molecule has 0 saturated carbocycles. The molecule has 1 heterocycles. The van der Waals surface area contributed by atoms with Crippen molar-refractivity contribution in [2.75, 3.05) is 38.6 Å². The quantitative estimate of drug-likeness (QED) is 0.569. The summed E-state index contributed by atoms with van der Waals surface area (Å²) in [7, 11) is 4.56. The lowest BCUT2D eigenvalue weighted by molar-refractivity contribution is -0.119. The number of aromatic nitrogens is 1. The molecule has 1 aromatic heterocycles. The first-order valence-electron chi connectivity index (χ1n) is 8.92. The molecular formula is C21H21N3O5S. The SMILES string of the molecule is COCC(=O)Nc1cccc(NC(=O)c2csc(-c3cccc(OC)c3OC)n2)c1. The predicted molar refractivity (Wildman–Crippen MR) is 116 cm³/mol. The van der Waals surface area contributed by atoms with Gasteiger partial charge in [0.05, 0.1) is 19.8 Å². The Bertz CT molecular complexity index is 1050. The number of carbonyl (C=O) groups is 2. The Labute approximate surface area is 177 Å². The van der Waals surface area contributed by atoms with Crippen LogP contribution in [0.4, 0.5) is 11.4 Å². The van der Waals surface area contributed by atoms with Crippen molar-refractivity contribution < 1.29 is 23.8 Å². The lowest BCUT2D eigenvalue weighted by Crippen LogP contribution is -2.17. The first-order valence-corrected chi connectivity index (χ1v) is 9.80. The summed E-state index contributed by atoms with van der Waals surface area (Å²) in [6, 6.07) is 12.3. The van der Waals surface area contributed by atoms with Gasteiger partial charge in [-0.1, -0.05) is 12.1 Å². The van der Waals surface area contributed by atoms with Gasteiger partial charge in [0.15, 0.2) is 11.5 Å². The van der Waals surface area contributed by atoms with Crippen molar-refractivity contribution in [2.45, 2.75) is 0 Å². The molecule has 2 N–H and O–H groups in total. The Morgan fingerprint density at radius 3 is 2.43 bits per heavy atom. The minimum atomic E-state index is -0.361. The van der Waals surface area contributed by atoms with Gasteiger partial charge in [-0.2, -0.15) is 0 Å². The molecule has 0 spiro atoms. The zero-order valence-corrected chi connectivity index (χ0v) is 17.5. The van der Waals surface area contributed by atoms with Crippen LogP contribution in [0.25, 0.3) is 10.6 Å². The number of hydrogen-bond acceptors (Lipinski definition) is 7. The molecule has 8 nitrogen and oxygen atoms in total. The highest BCUT2D eigenvalue weighted by Gasteiger charge is 2.17. The maximum absolute atomic E-state index is 12.6. The third-order valence-corrected chi connectivity index (χ3v) is 4.93. The van der Waals surface area contributed by atoms with E-state index in [9.17, 15) is 9.59 Å². The van der Waals surface area contributed by atoms with Crippen LogP contribution in [-0.4, -0.2) is 44.7 Å². The Kier molecular flexibility index (Phi) is 6.99. The van der Waals surface area contributed by atoms with Crippen molar-refractivity contribution in [1.82, 2.24) is 4.98 Å². The van der Waals surface area contributed by atoms with Gasteiger partial charge in [-0.05, 0) is 30.3 Å². The number of ether oxygens (including phenoxy) is 3. The van der Waals surface area contributed by atoms with Gasteiger partial charge in [-0.25, -0.2) is 4.98 Å². The van der Waals surface area contributed by atoms with Crippen LogP contribution in [0.1, 0.15) is 10.5 Å². The molecular weight excluding hydrogens is 406 g/mol. The third-order valence-electron chi connectivity index (χ3n) is 4.05. The molecule has 9 heteroatoms. The number of methoxy groups -OCH3 is 3. The van der Waals surface area contributed by atoms with Crippen LogP contribution in [0, 0.1) is 0 Å². The number of para-hydroxylation sites is 1. The Morgan fingerprint density at radius 1 is 1.00 bits per heavy atom. The normalized spacial score (nSPS) is 10.4. The molecule has 3 aromatic rings. The van der Waals surface area contributed by atoms with E-state index in [0.717, 1.165) is 5.56 Å².